The number of hydrogen-bond acceptors (Lipinski definition) is 4. The number of hydrogen-bond donors (Lipinski definition) is 1. The van der Waals surface area contributed by atoms with E-state index in [-0.39, 0.29) is 5.69 Å². The minimum Gasteiger partial charge on any atom is -0.476 e. The van der Waals surface area contributed by atoms with Crippen molar-refractivity contribution >= 4 is 17.7 Å². The molecule has 5 nitrogen and oxygen atoms in total. The molecule has 18 heavy (non-hydrogen) atoms. The third-order valence-electron chi connectivity index (χ3n) is 2.33. The first-order chi connectivity index (χ1) is 8.75. The fourth-order valence-corrected chi connectivity index (χ4v) is 2.32. The van der Waals surface area contributed by atoms with Gasteiger partial charge in [-0.05, 0) is 5.56 Å². The summed E-state index contributed by atoms with van der Waals surface area (Å²) in [4.78, 5) is 10.6. The topological polar surface area (TPSA) is 68.0 Å². The number of carbonyl (C=O) groups is 1. The van der Waals surface area contributed by atoms with Gasteiger partial charge >= 0.3 is 5.97 Å². The molecule has 0 spiro atoms. The van der Waals surface area contributed by atoms with E-state index in [1.165, 1.54) is 11.8 Å². The lowest BCUT2D eigenvalue weighted by atomic mass is 10.2. The van der Waals surface area contributed by atoms with Gasteiger partial charge in [-0.3, -0.25) is 4.68 Å². The Labute approximate surface area is 109 Å². The fourth-order valence-electron chi connectivity index (χ4n) is 1.43. The predicted octanol–water partition coefficient (Wildman–Crippen LogP) is 1.91. The molecule has 0 saturated carbocycles. The molecule has 0 bridgehead atoms. The smallest absolute Gasteiger partial charge is 0.358 e. The Kier molecular flexibility index (Phi) is 4.35. The van der Waals surface area contributed by atoms with Crippen LogP contribution in [0.1, 0.15) is 16.1 Å². The van der Waals surface area contributed by atoms with Crippen molar-refractivity contribution in [3.63, 3.8) is 0 Å². The molecular formula is C12H13N3O2S. The van der Waals surface area contributed by atoms with E-state index in [9.17, 15) is 4.79 Å². The summed E-state index contributed by atoms with van der Waals surface area (Å²) in [7, 11) is 0. The van der Waals surface area contributed by atoms with Crippen LogP contribution in [-0.2, 0) is 12.3 Å². The molecule has 94 valence electrons. The van der Waals surface area contributed by atoms with E-state index in [0.29, 0.717) is 6.54 Å². The highest BCUT2D eigenvalue weighted by atomic mass is 32.2. The highest BCUT2D eigenvalue weighted by molar-refractivity contribution is 7.98. The minimum absolute atomic E-state index is 0.0111. The molecule has 1 aromatic heterocycles. The summed E-state index contributed by atoms with van der Waals surface area (Å²) >= 11 is 1.78. The van der Waals surface area contributed by atoms with Gasteiger partial charge in [0.15, 0.2) is 5.69 Å². The van der Waals surface area contributed by atoms with E-state index in [2.05, 4.69) is 22.4 Å². The lowest BCUT2D eigenvalue weighted by molar-refractivity contribution is 0.0690. The Morgan fingerprint density at radius 2 is 2.11 bits per heavy atom. The van der Waals surface area contributed by atoms with Crippen LogP contribution in [0.5, 0.6) is 0 Å². The fraction of sp³-hybridized carbons (Fsp3) is 0.250. The van der Waals surface area contributed by atoms with Gasteiger partial charge in [0.25, 0.3) is 0 Å². The quantitative estimate of drug-likeness (QED) is 0.806. The normalized spacial score (nSPS) is 10.4. The average Bonchev–Trinajstić information content (AvgIpc) is 2.85. The number of aromatic carboxylic acids is 1. The molecule has 0 unspecified atom stereocenters. The molecule has 0 amide bonds. The van der Waals surface area contributed by atoms with Gasteiger partial charge in [0, 0.05) is 11.5 Å². The highest BCUT2D eigenvalue weighted by Gasteiger charge is 2.07. The molecule has 0 atom stereocenters. The molecule has 1 aromatic carbocycles. The molecule has 0 saturated heterocycles. The molecule has 2 aromatic rings. The number of aryl methyl sites for hydroxylation is 1. The lowest BCUT2D eigenvalue weighted by Crippen LogP contribution is -2.01. The Morgan fingerprint density at radius 1 is 1.33 bits per heavy atom. The van der Waals surface area contributed by atoms with Crippen molar-refractivity contribution in [2.45, 2.75) is 12.3 Å². The summed E-state index contributed by atoms with van der Waals surface area (Å²) in [6, 6.07) is 10.2. The summed E-state index contributed by atoms with van der Waals surface area (Å²) in [5.41, 5.74) is 1.27. The second-order valence-corrected chi connectivity index (χ2v) is 4.82. The van der Waals surface area contributed by atoms with Crippen LogP contribution in [0.15, 0.2) is 36.5 Å². The van der Waals surface area contributed by atoms with E-state index >= 15 is 0 Å². The molecule has 0 aliphatic carbocycles. The molecule has 0 aliphatic rings. The van der Waals surface area contributed by atoms with Crippen molar-refractivity contribution in [1.29, 1.82) is 0 Å². The summed E-state index contributed by atoms with van der Waals surface area (Å²) in [5, 5.41) is 16.0. The molecule has 2 rings (SSSR count). The summed E-state index contributed by atoms with van der Waals surface area (Å²) in [6.45, 7) is 0.664. The molecule has 0 radical (unpaired) electrons. The van der Waals surface area contributed by atoms with Crippen LogP contribution in [0, 0.1) is 0 Å². The first-order valence-electron chi connectivity index (χ1n) is 5.51. The van der Waals surface area contributed by atoms with Crippen molar-refractivity contribution in [1.82, 2.24) is 15.0 Å². The van der Waals surface area contributed by atoms with Gasteiger partial charge in [-0.2, -0.15) is 11.8 Å². The summed E-state index contributed by atoms with van der Waals surface area (Å²) < 4.78 is 1.56. The van der Waals surface area contributed by atoms with Crippen LogP contribution >= 0.6 is 11.8 Å². The van der Waals surface area contributed by atoms with Gasteiger partial charge in [-0.1, -0.05) is 35.5 Å². The van der Waals surface area contributed by atoms with E-state index in [4.69, 9.17) is 5.11 Å². The number of carboxylic acid groups (broad SMARTS) is 1. The predicted molar refractivity (Wildman–Crippen MR) is 69.6 cm³/mol. The molecular weight excluding hydrogens is 250 g/mol. The van der Waals surface area contributed by atoms with Crippen molar-refractivity contribution in [2.24, 2.45) is 0 Å². The zero-order valence-electron chi connectivity index (χ0n) is 9.69. The van der Waals surface area contributed by atoms with E-state index in [0.717, 1.165) is 11.5 Å². The number of nitrogens with zero attached hydrogens (tertiary/aromatic N) is 3. The average molecular weight is 263 g/mol. The van der Waals surface area contributed by atoms with Gasteiger partial charge in [-0.25, -0.2) is 4.79 Å². The number of rotatable bonds is 6. The molecule has 1 heterocycles. The van der Waals surface area contributed by atoms with Crippen molar-refractivity contribution in [2.75, 3.05) is 5.75 Å². The maximum absolute atomic E-state index is 10.6. The lowest BCUT2D eigenvalue weighted by Gasteiger charge is -2.01. The van der Waals surface area contributed by atoms with Crippen LogP contribution < -0.4 is 0 Å². The van der Waals surface area contributed by atoms with Crippen LogP contribution in [0.4, 0.5) is 0 Å². The van der Waals surface area contributed by atoms with Gasteiger partial charge in [0.2, 0.25) is 0 Å². The highest BCUT2D eigenvalue weighted by Crippen LogP contribution is 2.11. The SMILES string of the molecule is O=C(O)c1cn(CCSCc2ccccc2)nn1. The maximum Gasteiger partial charge on any atom is 0.358 e. The van der Waals surface area contributed by atoms with Crippen molar-refractivity contribution < 1.29 is 9.90 Å². The molecule has 0 fully saturated rings. The van der Waals surface area contributed by atoms with Gasteiger partial charge in [0.05, 0.1) is 12.7 Å². The zero-order valence-corrected chi connectivity index (χ0v) is 10.5. The van der Waals surface area contributed by atoms with Crippen molar-refractivity contribution in [3.8, 4) is 0 Å². The monoisotopic (exact) mass is 263 g/mol. The Hall–Kier alpha value is -1.82. The minimum atomic E-state index is -1.04. The van der Waals surface area contributed by atoms with Gasteiger partial charge in [-0.15, -0.1) is 5.10 Å². The van der Waals surface area contributed by atoms with Gasteiger partial charge < -0.3 is 5.11 Å². The Bertz CT molecular complexity index is 513. The Balaban J connectivity index is 1.73. The number of carboxylic acids is 1. The second kappa shape index (κ2) is 6.20. The second-order valence-electron chi connectivity index (χ2n) is 3.71. The molecule has 0 aliphatic heterocycles. The Morgan fingerprint density at radius 3 is 2.78 bits per heavy atom. The number of benzene rings is 1. The van der Waals surface area contributed by atoms with E-state index < -0.39 is 5.97 Å². The summed E-state index contributed by atoms with van der Waals surface area (Å²) in [5.74, 6) is 0.775. The summed E-state index contributed by atoms with van der Waals surface area (Å²) in [6.07, 6.45) is 1.45. The number of aromatic nitrogens is 3. The third-order valence-corrected chi connectivity index (χ3v) is 3.34. The first-order valence-corrected chi connectivity index (χ1v) is 6.66. The van der Waals surface area contributed by atoms with E-state index in [1.54, 1.807) is 16.4 Å². The largest absolute Gasteiger partial charge is 0.476 e. The number of thioether (sulfide) groups is 1. The van der Waals surface area contributed by atoms with Crippen LogP contribution in [0.25, 0.3) is 0 Å². The first kappa shape index (κ1) is 12.6. The maximum atomic E-state index is 10.6. The molecule has 6 heteroatoms. The molecule has 1 N–H and O–H groups in total. The van der Waals surface area contributed by atoms with Crippen LogP contribution in [0.2, 0.25) is 0 Å². The standard InChI is InChI=1S/C12H13N3O2S/c16-12(17)11-8-15(14-13-11)6-7-18-9-10-4-2-1-3-5-10/h1-5,8H,6-7,9H2,(H,16,17). The van der Waals surface area contributed by atoms with E-state index in [1.807, 2.05) is 18.2 Å². The van der Waals surface area contributed by atoms with Crippen LogP contribution in [0.3, 0.4) is 0 Å². The van der Waals surface area contributed by atoms with Crippen molar-refractivity contribution in [3.05, 3.63) is 47.8 Å². The third kappa shape index (κ3) is 3.59. The zero-order chi connectivity index (χ0) is 12.8. The van der Waals surface area contributed by atoms with Gasteiger partial charge in [0.1, 0.15) is 0 Å². The van der Waals surface area contributed by atoms with Crippen LogP contribution in [-0.4, -0.2) is 31.8 Å².